The molecule has 0 aliphatic carbocycles. The van der Waals surface area contributed by atoms with Crippen LogP contribution >= 0.6 is 35.1 Å². The number of aromatic nitrogens is 2. The minimum Gasteiger partial charge on any atom is -0.369 e. The van der Waals surface area contributed by atoms with Crippen molar-refractivity contribution < 1.29 is 0 Å². The standard InChI is InChI=1S/C12H12N6S2.ClH/c1-7-6-18-8(5-15-17-11(13)14)10(16-12(18)20-7)9-3-2-4-19-9;/h2-6H,1H3,(H4,13,14,17);1H/b15-5+;. The van der Waals surface area contributed by atoms with Crippen molar-refractivity contribution in [3.8, 4) is 10.6 Å². The molecule has 3 heterocycles. The largest absolute Gasteiger partial charge is 0.369 e. The van der Waals surface area contributed by atoms with Gasteiger partial charge in [0.25, 0.3) is 0 Å². The summed E-state index contributed by atoms with van der Waals surface area (Å²) in [6, 6.07) is 4.03. The minimum absolute atomic E-state index is 0. The predicted molar refractivity (Wildman–Crippen MR) is 91.8 cm³/mol. The van der Waals surface area contributed by atoms with Crippen molar-refractivity contribution in [2.45, 2.75) is 6.92 Å². The molecule has 0 aliphatic rings. The lowest BCUT2D eigenvalue weighted by molar-refractivity contribution is 1.17. The summed E-state index contributed by atoms with van der Waals surface area (Å²) in [4.78, 5) is 7.86. The molecule has 0 fully saturated rings. The molecule has 0 aliphatic heterocycles. The highest BCUT2D eigenvalue weighted by molar-refractivity contribution is 7.17. The third-order valence-corrected chi connectivity index (χ3v) is 4.36. The Bertz CT molecular complexity index is 795. The van der Waals surface area contributed by atoms with Gasteiger partial charge in [-0.15, -0.1) is 40.2 Å². The van der Waals surface area contributed by atoms with Gasteiger partial charge < -0.3 is 11.5 Å². The second-order valence-electron chi connectivity index (χ2n) is 4.09. The van der Waals surface area contributed by atoms with E-state index in [0.29, 0.717) is 0 Å². The van der Waals surface area contributed by atoms with Crippen LogP contribution in [0.15, 0.2) is 33.9 Å². The number of nitrogens with two attached hydrogens (primary N) is 2. The molecule has 0 amide bonds. The number of thiazole rings is 1. The molecule has 6 nitrogen and oxygen atoms in total. The van der Waals surface area contributed by atoms with Crippen molar-refractivity contribution in [1.29, 1.82) is 0 Å². The van der Waals surface area contributed by atoms with Crippen LogP contribution in [0.4, 0.5) is 0 Å². The number of guanidine groups is 1. The summed E-state index contributed by atoms with van der Waals surface area (Å²) in [6.45, 7) is 2.04. The number of nitrogens with zero attached hydrogens (tertiary/aromatic N) is 4. The summed E-state index contributed by atoms with van der Waals surface area (Å²) in [7, 11) is 0. The van der Waals surface area contributed by atoms with E-state index >= 15 is 0 Å². The number of fused-ring (bicyclic) bond motifs is 1. The first kappa shape index (κ1) is 15.5. The zero-order valence-corrected chi connectivity index (χ0v) is 13.5. The van der Waals surface area contributed by atoms with E-state index in [-0.39, 0.29) is 18.4 Å². The first-order valence-corrected chi connectivity index (χ1v) is 7.49. The summed E-state index contributed by atoms with van der Waals surface area (Å²) in [6.07, 6.45) is 3.65. The van der Waals surface area contributed by atoms with Crippen LogP contribution in [0.2, 0.25) is 0 Å². The van der Waals surface area contributed by atoms with E-state index in [1.54, 1.807) is 28.9 Å². The van der Waals surface area contributed by atoms with E-state index in [1.165, 1.54) is 4.88 Å². The molecule has 4 N–H and O–H groups in total. The molecule has 0 atom stereocenters. The highest BCUT2D eigenvalue weighted by atomic mass is 35.5. The number of thiophene rings is 1. The molecule has 110 valence electrons. The Balaban J connectivity index is 0.00000161. The van der Waals surface area contributed by atoms with E-state index in [0.717, 1.165) is 21.2 Å². The molecule has 9 heteroatoms. The first-order valence-electron chi connectivity index (χ1n) is 5.79. The first-order chi connectivity index (χ1) is 9.65. The Morgan fingerprint density at radius 3 is 2.90 bits per heavy atom. The molecule has 0 radical (unpaired) electrons. The van der Waals surface area contributed by atoms with Crippen molar-refractivity contribution in [3.05, 3.63) is 34.3 Å². The topological polar surface area (TPSA) is 94.1 Å². The van der Waals surface area contributed by atoms with Crippen molar-refractivity contribution in [1.82, 2.24) is 9.38 Å². The van der Waals surface area contributed by atoms with Gasteiger partial charge in [-0.2, -0.15) is 5.10 Å². The zero-order chi connectivity index (χ0) is 14.1. The second kappa shape index (κ2) is 6.25. The molecule has 3 aromatic heterocycles. The van der Waals surface area contributed by atoms with Crippen LogP contribution in [0, 0.1) is 6.92 Å². The lowest BCUT2D eigenvalue weighted by Crippen LogP contribution is -2.21. The number of hydrogen-bond donors (Lipinski definition) is 2. The average Bonchev–Trinajstić information content (AvgIpc) is 3.05. The van der Waals surface area contributed by atoms with Gasteiger partial charge in [-0.3, -0.25) is 4.40 Å². The number of rotatable bonds is 3. The zero-order valence-electron chi connectivity index (χ0n) is 11.1. The van der Waals surface area contributed by atoms with Gasteiger partial charge in [0.2, 0.25) is 5.96 Å². The Hall–Kier alpha value is -1.90. The Morgan fingerprint density at radius 1 is 1.43 bits per heavy atom. The van der Waals surface area contributed by atoms with E-state index in [9.17, 15) is 0 Å². The highest BCUT2D eigenvalue weighted by Crippen LogP contribution is 2.30. The molecular formula is C12H13ClN6S2. The molecule has 0 bridgehead atoms. The maximum Gasteiger partial charge on any atom is 0.211 e. The molecule has 3 aromatic rings. The number of imidazole rings is 1. The van der Waals surface area contributed by atoms with Gasteiger partial charge in [0, 0.05) is 11.1 Å². The number of hydrogen-bond acceptors (Lipinski definition) is 5. The fourth-order valence-corrected chi connectivity index (χ4v) is 3.40. The molecule has 0 saturated carbocycles. The van der Waals surface area contributed by atoms with Gasteiger partial charge in [0.05, 0.1) is 16.8 Å². The second-order valence-corrected chi connectivity index (χ2v) is 6.25. The normalized spacial score (nSPS) is 10.9. The van der Waals surface area contributed by atoms with Crippen LogP contribution in [0.5, 0.6) is 0 Å². The third-order valence-electron chi connectivity index (χ3n) is 2.59. The van der Waals surface area contributed by atoms with E-state index in [4.69, 9.17) is 11.5 Å². The third kappa shape index (κ3) is 3.07. The summed E-state index contributed by atoms with van der Waals surface area (Å²) in [5.74, 6) is -0.0684. The smallest absolute Gasteiger partial charge is 0.211 e. The van der Waals surface area contributed by atoms with Gasteiger partial charge in [-0.1, -0.05) is 6.07 Å². The van der Waals surface area contributed by atoms with Crippen molar-refractivity contribution in [2.24, 2.45) is 21.7 Å². The fraction of sp³-hybridized carbons (Fsp3) is 0.0833. The van der Waals surface area contributed by atoms with E-state index in [1.807, 2.05) is 35.0 Å². The van der Waals surface area contributed by atoms with Crippen LogP contribution in [0.3, 0.4) is 0 Å². The van der Waals surface area contributed by atoms with Crippen LogP contribution in [0.1, 0.15) is 10.6 Å². The van der Waals surface area contributed by atoms with Crippen LogP contribution < -0.4 is 11.5 Å². The Kier molecular flexibility index (Phi) is 4.61. The van der Waals surface area contributed by atoms with Crippen molar-refractivity contribution in [3.63, 3.8) is 0 Å². The fourth-order valence-electron chi connectivity index (χ4n) is 1.84. The molecule has 0 saturated heterocycles. The van der Waals surface area contributed by atoms with Crippen molar-refractivity contribution >= 4 is 52.2 Å². The monoisotopic (exact) mass is 340 g/mol. The molecule has 0 unspecified atom stereocenters. The summed E-state index contributed by atoms with van der Waals surface area (Å²) < 4.78 is 2.00. The Labute approximate surface area is 135 Å². The van der Waals surface area contributed by atoms with Crippen LogP contribution in [-0.2, 0) is 0 Å². The van der Waals surface area contributed by atoms with Gasteiger partial charge in [0.1, 0.15) is 5.69 Å². The summed E-state index contributed by atoms with van der Waals surface area (Å²) in [5.41, 5.74) is 12.3. The van der Waals surface area contributed by atoms with Gasteiger partial charge in [0.15, 0.2) is 4.96 Å². The number of aryl methyl sites for hydroxylation is 1. The molecule has 0 spiro atoms. The van der Waals surface area contributed by atoms with Gasteiger partial charge >= 0.3 is 0 Å². The maximum atomic E-state index is 5.28. The van der Waals surface area contributed by atoms with Crippen LogP contribution in [0.25, 0.3) is 15.5 Å². The molecule has 3 rings (SSSR count). The molecule has 21 heavy (non-hydrogen) atoms. The Morgan fingerprint density at radius 2 is 2.24 bits per heavy atom. The summed E-state index contributed by atoms with van der Waals surface area (Å²) >= 11 is 3.27. The van der Waals surface area contributed by atoms with Crippen molar-refractivity contribution in [2.75, 3.05) is 0 Å². The summed E-state index contributed by atoms with van der Waals surface area (Å²) in [5, 5.41) is 9.57. The number of halogens is 1. The maximum absolute atomic E-state index is 5.28. The molecular weight excluding hydrogens is 328 g/mol. The van der Waals surface area contributed by atoms with Gasteiger partial charge in [-0.05, 0) is 18.4 Å². The average molecular weight is 341 g/mol. The van der Waals surface area contributed by atoms with E-state index in [2.05, 4.69) is 15.2 Å². The van der Waals surface area contributed by atoms with Gasteiger partial charge in [-0.25, -0.2) is 4.98 Å². The highest BCUT2D eigenvalue weighted by Gasteiger charge is 2.15. The minimum atomic E-state index is -0.0684. The lowest BCUT2D eigenvalue weighted by atomic mass is 10.3. The van der Waals surface area contributed by atoms with E-state index < -0.39 is 0 Å². The van der Waals surface area contributed by atoms with Crippen LogP contribution in [-0.4, -0.2) is 21.6 Å². The lowest BCUT2D eigenvalue weighted by Gasteiger charge is -1.95. The SMILES string of the molecule is Cc1cn2c(/C=N/N=C(N)N)c(-c3cccs3)nc2s1.Cl. The molecule has 0 aromatic carbocycles. The predicted octanol–water partition coefficient (Wildman–Crippen LogP) is 2.46. The quantitative estimate of drug-likeness (QED) is 0.435.